The van der Waals surface area contributed by atoms with Crippen molar-refractivity contribution in [3.05, 3.63) is 100 Å². The maximum Gasteiger partial charge on any atom is 0.296 e. The summed E-state index contributed by atoms with van der Waals surface area (Å²) in [5, 5.41) is 2.70. The van der Waals surface area contributed by atoms with Crippen LogP contribution in [0.3, 0.4) is 0 Å². The first-order chi connectivity index (χ1) is 16.2. The van der Waals surface area contributed by atoms with Gasteiger partial charge in [-0.15, -0.1) is 0 Å². The van der Waals surface area contributed by atoms with E-state index in [0.717, 1.165) is 0 Å². The number of aryl methyl sites for hydroxylation is 1. The van der Waals surface area contributed by atoms with Crippen molar-refractivity contribution in [2.45, 2.75) is 18.7 Å². The zero-order chi connectivity index (χ0) is 24.5. The molecule has 0 spiro atoms. The molecular weight excluding hydrogens is 454 g/mol. The van der Waals surface area contributed by atoms with Crippen LogP contribution in [0, 0.1) is 13.8 Å². The molecule has 174 valence electrons. The second kappa shape index (κ2) is 8.99. The largest absolute Gasteiger partial charge is 0.321 e. The summed E-state index contributed by atoms with van der Waals surface area (Å²) in [5.41, 5.74) is 1.76. The molecule has 2 N–H and O–H groups in total. The Labute approximate surface area is 196 Å². The Balaban J connectivity index is 1.68. The van der Waals surface area contributed by atoms with E-state index in [4.69, 9.17) is 0 Å². The molecule has 0 aliphatic heterocycles. The van der Waals surface area contributed by atoms with Gasteiger partial charge < -0.3 is 5.32 Å². The van der Waals surface area contributed by atoms with Crippen molar-refractivity contribution < 1.29 is 13.2 Å². The fourth-order valence-electron chi connectivity index (χ4n) is 3.53. The first kappa shape index (κ1) is 23.0. The van der Waals surface area contributed by atoms with Gasteiger partial charge in [0.15, 0.2) is 0 Å². The first-order valence-electron chi connectivity index (χ1n) is 10.4. The minimum Gasteiger partial charge on any atom is -0.321 e. The predicted octanol–water partition coefficient (Wildman–Crippen LogP) is 3.24. The van der Waals surface area contributed by atoms with E-state index in [1.807, 2.05) is 6.07 Å². The third kappa shape index (κ3) is 4.35. The van der Waals surface area contributed by atoms with E-state index < -0.39 is 21.5 Å². The van der Waals surface area contributed by atoms with Crippen LogP contribution in [0.15, 0.2) is 82.7 Å². The van der Waals surface area contributed by atoms with E-state index in [0.29, 0.717) is 22.6 Å². The van der Waals surface area contributed by atoms with Crippen molar-refractivity contribution in [1.29, 1.82) is 0 Å². The Morgan fingerprint density at radius 2 is 1.74 bits per heavy atom. The van der Waals surface area contributed by atoms with Crippen LogP contribution >= 0.6 is 0 Å². The minimum atomic E-state index is -4.16. The quantitative estimate of drug-likeness (QED) is 0.442. The highest BCUT2D eigenvalue weighted by Crippen LogP contribution is 2.22. The van der Waals surface area contributed by atoms with Crippen molar-refractivity contribution in [2.24, 2.45) is 7.05 Å². The number of rotatable bonds is 6. The number of carbonyl (C=O) groups excluding carboxylic acids is 1. The van der Waals surface area contributed by atoms with E-state index in [1.165, 1.54) is 23.0 Å². The van der Waals surface area contributed by atoms with Gasteiger partial charge in [0.1, 0.15) is 5.69 Å². The number of pyridine rings is 1. The molecule has 0 aliphatic rings. The number of para-hydroxylation sites is 1. The van der Waals surface area contributed by atoms with Crippen molar-refractivity contribution >= 4 is 27.3 Å². The maximum atomic E-state index is 13.2. The van der Waals surface area contributed by atoms with E-state index in [9.17, 15) is 18.0 Å². The number of sulfonamides is 1. The molecule has 0 unspecified atom stereocenters. The Hall–Kier alpha value is -4.18. The molecule has 1 amide bonds. The van der Waals surface area contributed by atoms with Crippen LogP contribution in [-0.4, -0.2) is 28.7 Å². The Kier molecular flexibility index (Phi) is 6.08. The van der Waals surface area contributed by atoms with Crippen LogP contribution in [0.1, 0.15) is 21.6 Å². The van der Waals surface area contributed by atoms with E-state index >= 15 is 0 Å². The third-order valence-electron chi connectivity index (χ3n) is 5.47. The van der Waals surface area contributed by atoms with E-state index in [1.54, 1.807) is 74.2 Å². The van der Waals surface area contributed by atoms with Crippen molar-refractivity contribution in [3.63, 3.8) is 0 Å². The molecule has 2 aromatic heterocycles. The number of anilines is 2. The number of hydrogen-bond acceptors (Lipinski definition) is 5. The minimum absolute atomic E-state index is 0.0618. The average molecular weight is 478 g/mol. The van der Waals surface area contributed by atoms with Gasteiger partial charge in [-0.1, -0.05) is 24.3 Å². The van der Waals surface area contributed by atoms with Gasteiger partial charge in [-0.2, -0.15) is 0 Å². The summed E-state index contributed by atoms with van der Waals surface area (Å²) in [5.74, 6) is -0.468. The van der Waals surface area contributed by atoms with Gasteiger partial charge in [0.05, 0.1) is 28.2 Å². The number of nitrogens with one attached hydrogen (secondary N) is 2. The van der Waals surface area contributed by atoms with Crippen LogP contribution in [-0.2, 0) is 17.1 Å². The Morgan fingerprint density at radius 3 is 2.41 bits per heavy atom. The second-order valence-electron chi connectivity index (χ2n) is 7.71. The van der Waals surface area contributed by atoms with Gasteiger partial charge in [0.2, 0.25) is 0 Å². The zero-order valence-electron chi connectivity index (χ0n) is 18.8. The molecule has 0 bridgehead atoms. The number of nitrogens with zero attached hydrogens (tertiary/aromatic N) is 3. The molecule has 4 aromatic rings. The molecule has 2 aromatic carbocycles. The molecule has 0 saturated carbocycles. The highest BCUT2D eigenvalue weighted by Gasteiger charge is 2.24. The molecule has 34 heavy (non-hydrogen) atoms. The highest BCUT2D eigenvalue weighted by molar-refractivity contribution is 7.92. The summed E-state index contributed by atoms with van der Waals surface area (Å²) in [4.78, 5) is 29.7. The fourth-order valence-corrected chi connectivity index (χ4v) is 4.67. The first-order valence-corrected chi connectivity index (χ1v) is 11.9. The molecular formula is C24H23N5O4S. The predicted molar refractivity (Wildman–Crippen MR) is 130 cm³/mol. The van der Waals surface area contributed by atoms with E-state index in [-0.39, 0.29) is 16.1 Å². The van der Waals surface area contributed by atoms with Crippen molar-refractivity contribution in [3.8, 4) is 5.69 Å². The second-order valence-corrected chi connectivity index (χ2v) is 9.40. The van der Waals surface area contributed by atoms with Gasteiger partial charge in [-0.3, -0.25) is 24.0 Å². The SMILES string of the molecule is Cc1ccc(S(=O)(=O)Nc2c(C)n(C)n(-c3ccccc3)c2=O)cc1C(=O)Nc1cccnc1. The molecule has 0 atom stereocenters. The zero-order valence-corrected chi connectivity index (χ0v) is 19.6. The van der Waals surface area contributed by atoms with Crippen molar-refractivity contribution in [2.75, 3.05) is 10.0 Å². The lowest BCUT2D eigenvalue weighted by Gasteiger charge is -2.11. The lowest BCUT2D eigenvalue weighted by Crippen LogP contribution is -2.23. The highest BCUT2D eigenvalue weighted by atomic mass is 32.2. The van der Waals surface area contributed by atoms with E-state index in [2.05, 4.69) is 15.0 Å². The van der Waals surface area contributed by atoms with Crippen LogP contribution in [0.4, 0.5) is 11.4 Å². The van der Waals surface area contributed by atoms with Gasteiger partial charge in [0, 0.05) is 18.8 Å². The lowest BCUT2D eigenvalue weighted by atomic mass is 10.1. The number of aromatic nitrogens is 3. The molecule has 4 rings (SSSR count). The molecule has 0 aliphatic carbocycles. The average Bonchev–Trinajstić information content (AvgIpc) is 3.03. The van der Waals surface area contributed by atoms with Crippen LogP contribution in [0.25, 0.3) is 5.69 Å². The molecule has 0 saturated heterocycles. The maximum absolute atomic E-state index is 13.2. The summed E-state index contributed by atoms with van der Waals surface area (Å²) in [6.45, 7) is 3.36. The lowest BCUT2D eigenvalue weighted by molar-refractivity contribution is 0.102. The summed E-state index contributed by atoms with van der Waals surface area (Å²) in [6.07, 6.45) is 3.07. The van der Waals surface area contributed by atoms with Gasteiger partial charge >= 0.3 is 0 Å². The molecule has 0 radical (unpaired) electrons. The molecule has 0 fully saturated rings. The topological polar surface area (TPSA) is 115 Å². The standard InChI is InChI=1S/C24H23N5O4S/c1-16-11-12-20(14-21(16)23(30)26-18-8-7-13-25-15-18)34(32,33)27-22-17(2)28(3)29(24(22)31)19-9-5-4-6-10-19/h4-15,27H,1-3H3,(H,26,30). The normalized spacial score (nSPS) is 11.3. The summed E-state index contributed by atoms with van der Waals surface area (Å²) in [7, 11) is -2.48. The third-order valence-corrected chi connectivity index (χ3v) is 6.82. The Bertz CT molecular complexity index is 1530. The smallest absolute Gasteiger partial charge is 0.296 e. The number of hydrogen-bond donors (Lipinski definition) is 2. The van der Waals surface area contributed by atoms with Crippen LogP contribution in [0.2, 0.25) is 0 Å². The fraction of sp³-hybridized carbons (Fsp3) is 0.125. The number of amides is 1. The van der Waals surface area contributed by atoms with Gasteiger partial charge in [0.25, 0.3) is 21.5 Å². The molecule has 2 heterocycles. The van der Waals surface area contributed by atoms with Crippen LogP contribution < -0.4 is 15.6 Å². The Morgan fingerprint density at radius 1 is 1.00 bits per heavy atom. The van der Waals surface area contributed by atoms with Gasteiger partial charge in [-0.05, 0) is 55.8 Å². The molecule has 10 heteroatoms. The number of benzene rings is 2. The molecule has 9 nitrogen and oxygen atoms in total. The number of carbonyl (C=O) groups is 1. The summed E-state index contributed by atoms with van der Waals surface area (Å²) >= 11 is 0. The monoisotopic (exact) mass is 477 g/mol. The summed E-state index contributed by atoms with van der Waals surface area (Å²) < 4.78 is 31.8. The summed E-state index contributed by atoms with van der Waals surface area (Å²) in [6, 6.07) is 16.5. The van der Waals surface area contributed by atoms with Crippen molar-refractivity contribution in [1.82, 2.24) is 14.3 Å². The van der Waals surface area contributed by atoms with Crippen LogP contribution in [0.5, 0.6) is 0 Å². The van der Waals surface area contributed by atoms with Gasteiger partial charge in [-0.25, -0.2) is 13.1 Å².